The monoisotopic (exact) mass is 288 g/mol. The predicted octanol–water partition coefficient (Wildman–Crippen LogP) is 0.872. The number of amidine groups is 1. The summed E-state index contributed by atoms with van der Waals surface area (Å²) in [6.45, 7) is 2.15. The van der Waals surface area contributed by atoms with Gasteiger partial charge in [0, 0.05) is 5.22 Å². The number of ether oxygens (including phenoxy) is 1. The molecule has 1 atom stereocenters. The lowest BCUT2D eigenvalue weighted by atomic mass is 10.2. The topological polar surface area (TPSA) is 75.7 Å². The molecule has 0 radical (unpaired) electrons. The molecule has 20 heavy (non-hydrogen) atoms. The van der Waals surface area contributed by atoms with Gasteiger partial charge in [-0.3, -0.25) is 9.79 Å². The van der Waals surface area contributed by atoms with Crippen molar-refractivity contribution in [3.63, 3.8) is 0 Å². The first-order valence-corrected chi connectivity index (χ1v) is 7.21. The molecule has 1 aromatic rings. The van der Waals surface area contributed by atoms with Crippen LogP contribution in [0.15, 0.2) is 44.5 Å². The first-order chi connectivity index (χ1) is 9.78. The van der Waals surface area contributed by atoms with Crippen molar-refractivity contribution in [2.45, 2.75) is 13.1 Å². The van der Waals surface area contributed by atoms with Crippen molar-refractivity contribution in [2.24, 2.45) is 20.2 Å². The van der Waals surface area contributed by atoms with Gasteiger partial charge in [-0.2, -0.15) is 0 Å². The number of carbonyl (C=O) groups is 1. The maximum Gasteiger partial charge on any atom is 0.316 e. The Kier molecular flexibility index (Phi) is 3.60. The van der Waals surface area contributed by atoms with Crippen LogP contribution in [0.3, 0.4) is 0 Å². The minimum atomic E-state index is -0.338. The largest absolute Gasteiger partial charge is 0.465 e. The average molecular weight is 288 g/mol. The van der Waals surface area contributed by atoms with Gasteiger partial charge in [0.2, 0.25) is 5.17 Å². The number of hydrogen-bond donors (Lipinski definition) is 0. The number of hydrogen-bond acceptors (Lipinski definition) is 7. The molecule has 3 rings (SSSR count). The molecule has 0 N–H and O–H groups in total. The van der Waals surface area contributed by atoms with E-state index in [9.17, 15) is 4.79 Å². The molecule has 0 bridgehead atoms. The molecule has 1 aromatic carbocycles. The number of carbonyl (C=O) groups excluding carboxylic acids is 1. The van der Waals surface area contributed by atoms with Crippen LogP contribution in [0.1, 0.15) is 6.92 Å². The van der Waals surface area contributed by atoms with Crippen molar-refractivity contribution in [1.29, 1.82) is 0 Å². The lowest BCUT2D eigenvalue weighted by Crippen LogP contribution is -2.22. The fraction of sp³-hybridized carbons (Fsp3) is 0.308. The van der Waals surface area contributed by atoms with Crippen LogP contribution >= 0.6 is 11.8 Å². The minimum Gasteiger partial charge on any atom is -0.465 e. The van der Waals surface area contributed by atoms with Crippen molar-refractivity contribution in [3.05, 3.63) is 34.8 Å². The summed E-state index contributed by atoms with van der Waals surface area (Å²) >= 11 is 1.21. The van der Waals surface area contributed by atoms with Gasteiger partial charge in [0.1, 0.15) is 5.70 Å². The average Bonchev–Trinajstić information content (AvgIpc) is 2.83. The third-order valence-electron chi connectivity index (χ3n) is 2.79. The standard InChI is InChI=1S/C13H12N4O2S/c1-2-19-10(18)7-20-13-15-12-11(16-17-13)8-5-3-4-6-9(8)14-12/h3-6,12H,2,7H2,1H3/t12-/m0/s1. The zero-order chi connectivity index (χ0) is 13.9. The molecule has 0 unspecified atom stereocenters. The van der Waals surface area contributed by atoms with Crippen LogP contribution in [0.2, 0.25) is 0 Å². The predicted molar refractivity (Wildman–Crippen MR) is 75.8 cm³/mol. The highest BCUT2D eigenvalue weighted by molar-refractivity contribution is 8.14. The second kappa shape index (κ2) is 5.54. The fourth-order valence-electron chi connectivity index (χ4n) is 1.95. The summed E-state index contributed by atoms with van der Waals surface area (Å²) in [5.41, 5.74) is 0.765. The van der Waals surface area contributed by atoms with Crippen LogP contribution in [0, 0.1) is 0 Å². The second-order valence-electron chi connectivity index (χ2n) is 4.11. The molecular weight excluding hydrogens is 276 g/mol. The van der Waals surface area contributed by atoms with E-state index in [1.54, 1.807) is 6.92 Å². The lowest BCUT2D eigenvalue weighted by molar-refractivity contribution is -0.139. The quantitative estimate of drug-likeness (QED) is 0.774. The zero-order valence-electron chi connectivity index (χ0n) is 10.8. The van der Waals surface area contributed by atoms with Gasteiger partial charge in [-0.05, 0) is 13.0 Å². The van der Waals surface area contributed by atoms with E-state index in [0.29, 0.717) is 11.8 Å². The van der Waals surface area contributed by atoms with E-state index in [2.05, 4.69) is 20.2 Å². The summed E-state index contributed by atoms with van der Waals surface area (Å²) in [6.07, 6.45) is -0.338. The Morgan fingerprint density at radius 3 is 3.00 bits per heavy atom. The first-order valence-electron chi connectivity index (χ1n) is 6.23. The fourth-order valence-corrected chi connectivity index (χ4v) is 2.55. The van der Waals surface area contributed by atoms with Crippen LogP contribution in [-0.2, 0) is 9.53 Å². The van der Waals surface area contributed by atoms with Crippen molar-refractivity contribution in [1.82, 2.24) is 0 Å². The van der Waals surface area contributed by atoms with E-state index < -0.39 is 0 Å². The number of benzene rings is 1. The molecule has 0 aliphatic carbocycles. The van der Waals surface area contributed by atoms with E-state index in [1.165, 1.54) is 11.8 Å². The molecular formula is C13H12N4O2S. The van der Waals surface area contributed by atoms with E-state index >= 15 is 0 Å². The maximum absolute atomic E-state index is 11.3. The molecule has 2 aliphatic rings. The Morgan fingerprint density at radius 1 is 1.30 bits per heavy atom. The smallest absolute Gasteiger partial charge is 0.316 e. The molecule has 7 heteroatoms. The van der Waals surface area contributed by atoms with E-state index in [1.807, 2.05) is 24.3 Å². The Bertz CT molecular complexity index is 726. The van der Waals surface area contributed by atoms with E-state index in [4.69, 9.17) is 4.74 Å². The zero-order valence-corrected chi connectivity index (χ0v) is 11.6. The molecule has 6 nitrogen and oxygen atoms in total. The second-order valence-corrected chi connectivity index (χ2v) is 5.05. The molecule has 2 aliphatic heterocycles. The maximum atomic E-state index is 11.3. The molecule has 0 fully saturated rings. The molecule has 0 saturated heterocycles. The van der Waals surface area contributed by atoms with Gasteiger partial charge in [0.15, 0.2) is 6.17 Å². The minimum absolute atomic E-state index is 0.181. The van der Waals surface area contributed by atoms with Gasteiger partial charge in [-0.15, -0.1) is 10.2 Å². The lowest BCUT2D eigenvalue weighted by Gasteiger charge is -2.09. The van der Waals surface area contributed by atoms with Gasteiger partial charge < -0.3 is 4.74 Å². The Hall–Kier alpha value is -2.02. The van der Waals surface area contributed by atoms with Gasteiger partial charge in [-0.1, -0.05) is 30.0 Å². The highest BCUT2D eigenvalue weighted by Gasteiger charge is 2.23. The van der Waals surface area contributed by atoms with Crippen LogP contribution in [0.4, 0.5) is 0 Å². The SMILES string of the molecule is CCOC(=O)CSC1=N[C@@H]2N=c3ccccc3=C2N=N1. The van der Waals surface area contributed by atoms with Gasteiger partial charge >= 0.3 is 5.97 Å². The Balaban J connectivity index is 1.76. The van der Waals surface area contributed by atoms with E-state index in [-0.39, 0.29) is 17.9 Å². The number of fused-ring (bicyclic) bond motifs is 2. The van der Waals surface area contributed by atoms with Crippen molar-refractivity contribution in [3.8, 4) is 0 Å². The molecule has 0 aromatic heterocycles. The summed E-state index contributed by atoms with van der Waals surface area (Å²) in [4.78, 5) is 20.2. The number of rotatable bonds is 3. The van der Waals surface area contributed by atoms with Crippen LogP contribution in [0.25, 0.3) is 5.70 Å². The van der Waals surface area contributed by atoms with Crippen LogP contribution in [-0.4, -0.2) is 29.7 Å². The first kappa shape index (κ1) is 13.0. The Morgan fingerprint density at radius 2 is 2.15 bits per heavy atom. The number of azo groups is 1. The summed E-state index contributed by atoms with van der Waals surface area (Å²) in [5.74, 6) is -0.0995. The normalized spacial score (nSPS) is 18.9. The number of thioether (sulfide) groups is 1. The number of para-hydroxylation sites is 1. The van der Waals surface area contributed by atoms with Crippen molar-refractivity contribution < 1.29 is 9.53 Å². The highest BCUT2D eigenvalue weighted by atomic mass is 32.2. The molecule has 0 spiro atoms. The highest BCUT2D eigenvalue weighted by Crippen LogP contribution is 2.21. The summed E-state index contributed by atoms with van der Waals surface area (Å²) in [5, 5.41) is 10.5. The summed E-state index contributed by atoms with van der Waals surface area (Å²) in [7, 11) is 0. The number of esters is 1. The van der Waals surface area contributed by atoms with Crippen molar-refractivity contribution >= 4 is 28.6 Å². The molecule has 102 valence electrons. The van der Waals surface area contributed by atoms with Crippen molar-refractivity contribution in [2.75, 3.05) is 12.4 Å². The van der Waals surface area contributed by atoms with Gasteiger partial charge in [-0.25, -0.2) is 4.99 Å². The van der Waals surface area contributed by atoms with Gasteiger partial charge in [0.25, 0.3) is 0 Å². The van der Waals surface area contributed by atoms with E-state index in [0.717, 1.165) is 16.3 Å². The number of aliphatic imine (C=N–C) groups is 1. The van der Waals surface area contributed by atoms with Gasteiger partial charge in [0.05, 0.1) is 17.7 Å². The molecule has 0 saturated carbocycles. The number of nitrogens with zero attached hydrogens (tertiary/aromatic N) is 4. The van der Waals surface area contributed by atoms with Crippen LogP contribution in [0.5, 0.6) is 0 Å². The van der Waals surface area contributed by atoms with Crippen LogP contribution < -0.4 is 10.6 Å². The Labute approximate surface area is 119 Å². The summed E-state index contributed by atoms with van der Waals surface area (Å²) < 4.78 is 4.85. The third kappa shape index (κ3) is 2.49. The molecule has 0 amide bonds. The molecule has 2 heterocycles. The summed E-state index contributed by atoms with van der Waals surface area (Å²) in [6, 6.07) is 7.75. The third-order valence-corrected chi connectivity index (χ3v) is 3.61.